The molecule has 0 amide bonds. The SMILES string of the molecule is CCCc1nc(N)c2ncn([C@@H]3O[C@H](CS)[C@@H](O)[C@H]3O)c2n1. The van der Waals surface area contributed by atoms with Crippen LogP contribution < -0.4 is 5.73 Å². The lowest BCUT2D eigenvalue weighted by atomic mass is 10.1. The molecule has 9 heteroatoms. The summed E-state index contributed by atoms with van der Waals surface area (Å²) < 4.78 is 7.26. The maximum absolute atomic E-state index is 10.2. The molecule has 4 atom stereocenters. The Kier molecular flexibility index (Phi) is 4.22. The smallest absolute Gasteiger partial charge is 0.167 e. The highest BCUT2D eigenvalue weighted by Gasteiger charge is 2.43. The molecule has 1 fully saturated rings. The van der Waals surface area contributed by atoms with Crippen molar-refractivity contribution in [3.8, 4) is 0 Å². The zero-order valence-electron chi connectivity index (χ0n) is 12.1. The van der Waals surface area contributed by atoms with Crippen LogP contribution in [0.5, 0.6) is 0 Å². The van der Waals surface area contributed by atoms with E-state index in [0.717, 1.165) is 6.42 Å². The first-order valence-electron chi connectivity index (χ1n) is 7.18. The number of nitrogens with two attached hydrogens (primary N) is 1. The molecule has 1 saturated heterocycles. The number of fused-ring (bicyclic) bond motifs is 1. The van der Waals surface area contributed by atoms with E-state index in [9.17, 15) is 10.2 Å². The minimum Gasteiger partial charge on any atom is -0.387 e. The maximum atomic E-state index is 10.2. The van der Waals surface area contributed by atoms with Gasteiger partial charge in [-0.25, -0.2) is 15.0 Å². The van der Waals surface area contributed by atoms with E-state index < -0.39 is 24.5 Å². The summed E-state index contributed by atoms with van der Waals surface area (Å²) in [7, 11) is 0. The van der Waals surface area contributed by atoms with Gasteiger partial charge < -0.3 is 20.7 Å². The summed E-state index contributed by atoms with van der Waals surface area (Å²) in [4.78, 5) is 12.9. The number of anilines is 1. The van der Waals surface area contributed by atoms with Gasteiger partial charge in [0.15, 0.2) is 17.7 Å². The molecule has 4 N–H and O–H groups in total. The van der Waals surface area contributed by atoms with Gasteiger partial charge in [-0.1, -0.05) is 6.92 Å². The maximum Gasteiger partial charge on any atom is 0.167 e. The Morgan fingerprint density at radius 2 is 2.14 bits per heavy atom. The molecule has 1 aliphatic heterocycles. The number of ether oxygens (including phenoxy) is 1. The molecular weight excluding hydrogens is 306 g/mol. The lowest BCUT2D eigenvalue weighted by Crippen LogP contribution is -2.32. The van der Waals surface area contributed by atoms with Crippen LogP contribution in [0.1, 0.15) is 25.4 Å². The van der Waals surface area contributed by atoms with Crippen LogP contribution in [0.2, 0.25) is 0 Å². The van der Waals surface area contributed by atoms with Crippen molar-refractivity contribution in [3.05, 3.63) is 12.2 Å². The number of aryl methyl sites for hydroxylation is 1. The Labute approximate surface area is 132 Å². The first-order valence-corrected chi connectivity index (χ1v) is 7.81. The molecule has 0 saturated carbocycles. The first-order chi connectivity index (χ1) is 10.6. The minimum atomic E-state index is -1.08. The van der Waals surface area contributed by atoms with Gasteiger partial charge in [0.25, 0.3) is 0 Å². The van der Waals surface area contributed by atoms with Crippen molar-refractivity contribution >= 4 is 29.6 Å². The molecule has 0 aliphatic carbocycles. The van der Waals surface area contributed by atoms with Crippen molar-refractivity contribution in [2.24, 2.45) is 0 Å². The van der Waals surface area contributed by atoms with Crippen LogP contribution in [0.3, 0.4) is 0 Å². The Balaban J connectivity index is 2.04. The third-order valence-corrected chi connectivity index (χ3v) is 4.12. The number of aromatic nitrogens is 4. The zero-order chi connectivity index (χ0) is 15.9. The second kappa shape index (κ2) is 5.99. The highest BCUT2D eigenvalue weighted by Crippen LogP contribution is 2.32. The van der Waals surface area contributed by atoms with Gasteiger partial charge in [0, 0.05) is 12.2 Å². The molecule has 0 unspecified atom stereocenters. The third-order valence-electron chi connectivity index (χ3n) is 3.76. The summed E-state index contributed by atoms with van der Waals surface area (Å²) in [6.45, 7) is 2.03. The second-order valence-electron chi connectivity index (χ2n) is 5.33. The lowest BCUT2D eigenvalue weighted by molar-refractivity contribution is -0.0288. The number of hydrogen-bond donors (Lipinski definition) is 4. The molecule has 1 aliphatic rings. The number of nitrogen functional groups attached to an aromatic ring is 1. The lowest BCUT2D eigenvalue weighted by Gasteiger charge is -2.16. The standard InChI is InChI=1S/C13H19N5O3S/c1-2-3-7-16-11(14)8-12(17-7)18(5-15-8)13-10(20)9(19)6(4-22)21-13/h5-6,9-10,13,19-20,22H,2-4H2,1H3,(H2,14,16,17)/t6-,9-,10-,13-/m1/s1. The second-order valence-corrected chi connectivity index (χ2v) is 5.69. The normalized spacial score (nSPS) is 28.5. The van der Waals surface area contributed by atoms with Gasteiger partial charge >= 0.3 is 0 Å². The van der Waals surface area contributed by atoms with E-state index in [1.54, 1.807) is 4.57 Å². The van der Waals surface area contributed by atoms with Crippen molar-refractivity contribution in [3.63, 3.8) is 0 Å². The summed E-state index contributed by atoms with van der Waals surface area (Å²) in [5, 5.41) is 20.2. The van der Waals surface area contributed by atoms with Gasteiger partial charge in [-0.2, -0.15) is 12.6 Å². The summed E-state index contributed by atoms with van der Waals surface area (Å²) >= 11 is 4.12. The molecule has 2 aromatic heterocycles. The van der Waals surface area contributed by atoms with Crippen molar-refractivity contribution in [2.45, 2.75) is 44.3 Å². The Morgan fingerprint density at radius 1 is 1.36 bits per heavy atom. The molecular formula is C13H19N5O3S. The predicted octanol–water partition coefficient (Wildman–Crippen LogP) is -0.0900. The van der Waals surface area contributed by atoms with Crippen LogP contribution in [0.15, 0.2) is 6.33 Å². The first kappa shape index (κ1) is 15.5. The van der Waals surface area contributed by atoms with Crippen molar-refractivity contribution in [1.29, 1.82) is 0 Å². The fourth-order valence-corrected chi connectivity index (χ4v) is 2.92. The van der Waals surface area contributed by atoms with Crippen LogP contribution in [0, 0.1) is 0 Å². The van der Waals surface area contributed by atoms with Crippen molar-refractivity contribution in [2.75, 3.05) is 11.5 Å². The average Bonchev–Trinajstić information content (AvgIpc) is 3.03. The largest absolute Gasteiger partial charge is 0.387 e. The van der Waals surface area contributed by atoms with Gasteiger partial charge in [0.05, 0.1) is 12.4 Å². The average molecular weight is 325 g/mol. The molecule has 0 spiro atoms. The molecule has 0 aromatic carbocycles. The summed E-state index contributed by atoms with van der Waals surface area (Å²) in [5.74, 6) is 1.22. The molecule has 22 heavy (non-hydrogen) atoms. The Hall–Kier alpha value is -1.42. The van der Waals surface area contributed by atoms with Gasteiger partial charge in [-0.15, -0.1) is 0 Å². The number of imidazole rings is 1. The van der Waals surface area contributed by atoms with Gasteiger partial charge in [-0.3, -0.25) is 4.57 Å². The van der Waals surface area contributed by atoms with E-state index >= 15 is 0 Å². The van der Waals surface area contributed by atoms with E-state index in [-0.39, 0.29) is 0 Å². The van der Waals surface area contributed by atoms with Crippen molar-refractivity contribution in [1.82, 2.24) is 19.5 Å². The van der Waals surface area contributed by atoms with Crippen molar-refractivity contribution < 1.29 is 14.9 Å². The highest BCUT2D eigenvalue weighted by molar-refractivity contribution is 7.80. The topological polar surface area (TPSA) is 119 Å². The van der Waals surface area contributed by atoms with Gasteiger partial charge in [0.1, 0.15) is 23.5 Å². The summed E-state index contributed by atoms with van der Waals surface area (Å²) in [6.07, 6.45) is -0.332. The predicted molar refractivity (Wildman–Crippen MR) is 83.5 cm³/mol. The number of thiol groups is 1. The quantitative estimate of drug-likeness (QED) is 0.580. The molecule has 120 valence electrons. The fraction of sp³-hybridized carbons (Fsp3) is 0.615. The molecule has 2 aromatic rings. The van der Waals surface area contributed by atoms with E-state index in [4.69, 9.17) is 10.5 Å². The molecule has 3 heterocycles. The highest BCUT2D eigenvalue weighted by atomic mass is 32.1. The summed E-state index contributed by atoms with van der Waals surface area (Å²) in [5.41, 5.74) is 6.87. The monoisotopic (exact) mass is 325 g/mol. The Bertz CT molecular complexity index is 679. The number of aliphatic hydroxyl groups is 2. The number of rotatable bonds is 4. The number of hydrogen-bond acceptors (Lipinski definition) is 8. The summed E-state index contributed by atoms with van der Waals surface area (Å²) in [6, 6.07) is 0. The van der Waals surface area contributed by atoms with Gasteiger partial charge in [0.2, 0.25) is 0 Å². The van der Waals surface area contributed by atoms with E-state index in [1.165, 1.54) is 6.33 Å². The molecule has 3 rings (SSSR count). The van der Waals surface area contributed by atoms with Gasteiger partial charge in [-0.05, 0) is 6.42 Å². The minimum absolute atomic E-state index is 0.297. The van der Waals surface area contributed by atoms with E-state index in [0.29, 0.717) is 35.0 Å². The van der Waals surface area contributed by atoms with E-state index in [1.807, 2.05) is 6.92 Å². The third kappa shape index (κ3) is 2.43. The number of nitrogens with zero attached hydrogens (tertiary/aromatic N) is 4. The molecule has 0 radical (unpaired) electrons. The van der Waals surface area contributed by atoms with Crippen LogP contribution in [0.4, 0.5) is 5.82 Å². The Morgan fingerprint density at radius 3 is 2.77 bits per heavy atom. The van der Waals surface area contributed by atoms with E-state index in [2.05, 4.69) is 27.6 Å². The number of aliphatic hydroxyl groups excluding tert-OH is 2. The van der Waals surface area contributed by atoms with Crippen LogP contribution >= 0.6 is 12.6 Å². The zero-order valence-corrected chi connectivity index (χ0v) is 13.0. The van der Waals surface area contributed by atoms with Crippen LogP contribution in [-0.2, 0) is 11.2 Å². The molecule has 0 bridgehead atoms. The van der Waals surface area contributed by atoms with Crippen LogP contribution in [0.25, 0.3) is 11.2 Å². The molecule has 8 nitrogen and oxygen atoms in total. The van der Waals surface area contributed by atoms with Crippen LogP contribution in [-0.4, -0.2) is 53.8 Å². The fourth-order valence-electron chi connectivity index (χ4n) is 2.62.